The summed E-state index contributed by atoms with van der Waals surface area (Å²) in [4.78, 5) is 3.84. The van der Waals surface area contributed by atoms with E-state index in [0.717, 1.165) is 0 Å². The third kappa shape index (κ3) is 2.44. The van der Waals surface area contributed by atoms with E-state index in [1.165, 1.54) is 13.2 Å². The molecule has 2 heterocycles. The fraction of sp³-hybridized carbons (Fsp3) is 0.583. The molecule has 2 rings (SSSR count). The molecule has 0 amide bonds. The molecule has 0 spiro atoms. The summed E-state index contributed by atoms with van der Waals surface area (Å²) in [5.41, 5.74) is -0.673. The topological polar surface area (TPSA) is 40.6 Å². The molecule has 1 saturated heterocycles. The fourth-order valence-electron chi connectivity index (χ4n) is 1.74. The van der Waals surface area contributed by atoms with Crippen LogP contribution >= 0.6 is 11.6 Å². The maximum absolute atomic E-state index is 13.7. The van der Waals surface area contributed by atoms with E-state index in [-0.39, 0.29) is 11.0 Å². The van der Waals surface area contributed by atoms with Crippen molar-refractivity contribution in [2.24, 2.45) is 0 Å². The van der Waals surface area contributed by atoms with Crippen molar-refractivity contribution in [1.29, 1.82) is 0 Å². The molecule has 1 aromatic heterocycles. The molecule has 0 bridgehead atoms. The second kappa shape index (κ2) is 4.61. The standard InChI is InChI=1S/C12H16BClFNO3/c1-11(2)12(3,4)19-13(18-11)7-6-8(15)10(17-5)16-9(7)14/h6H,1-5H3. The molecule has 7 heteroatoms. The number of aromatic nitrogens is 1. The number of halogens is 2. The summed E-state index contributed by atoms with van der Waals surface area (Å²) in [7, 11) is 0.585. The van der Waals surface area contributed by atoms with Gasteiger partial charge in [-0.05, 0) is 33.8 Å². The normalized spacial score (nSPS) is 20.7. The minimum atomic E-state index is -0.745. The number of nitrogens with zero attached hydrogens (tertiary/aromatic N) is 1. The number of pyridine rings is 1. The lowest BCUT2D eigenvalue weighted by molar-refractivity contribution is 0.00578. The number of hydrogen-bond donors (Lipinski definition) is 0. The summed E-state index contributed by atoms with van der Waals surface area (Å²) in [5.74, 6) is -0.748. The van der Waals surface area contributed by atoms with E-state index in [0.29, 0.717) is 5.46 Å². The lowest BCUT2D eigenvalue weighted by Gasteiger charge is -2.32. The van der Waals surface area contributed by atoms with Crippen molar-refractivity contribution in [3.63, 3.8) is 0 Å². The van der Waals surface area contributed by atoms with E-state index in [2.05, 4.69) is 4.98 Å². The molecule has 0 N–H and O–H groups in total. The predicted molar refractivity (Wildman–Crippen MR) is 71.5 cm³/mol. The molecular formula is C12H16BClFNO3. The third-order valence-corrected chi connectivity index (χ3v) is 3.93. The number of rotatable bonds is 2. The second-order valence-electron chi connectivity index (χ2n) is 5.45. The van der Waals surface area contributed by atoms with Gasteiger partial charge in [0.05, 0.1) is 18.3 Å². The predicted octanol–water partition coefficient (Wildman–Crippen LogP) is 2.18. The molecule has 1 aromatic rings. The van der Waals surface area contributed by atoms with Crippen LogP contribution in [0.5, 0.6) is 5.88 Å². The van der Waals surface area contributed by atoms with Crippen molar-refractivity contribution in [2.75, 3.05) is 7.11 Å². The molecule has 0 aliphatic carbocycles. The average molecular weight is 288 g/mol. The number of methoxy groups -OCH3 is 1. The highest BCUT2D eigenvalue weighted by Gasteiger charge is 2.52. The van der Waals surface area contributed by atoms with Gasteiger partial charge in [-0.1, -0.05) is 11.6 Å². The van der Waals surface area contributed by atoms with Crippen LogP contribution in [0.15, 0.2) is 6.07 Å². The van der Waals surface area contributed by atoms with E-state index in [1.807, 2.05) is 27.7 Å². The van der Waals surface area contributed by atoms with Gasteiger partial charge in [-0.2, -0.15) is 4.98 Å². The highest BCUT2D eigenvalue weighted by atomic mass is 35.5. The van der Waals surface area contributed by atoms with Gasteiger partial charge in [0.15, 0.2) is 5.82 Å². The summed E-state index contributed by atoms with van der Waals surface area (Å²) in [6.45, 7) is 7.64. The minimum Gasteiger partial charge on any atom is -0.479 e. The Morgan fingerprint density at radius 2 is 1.79 bits per heavy atom. The molecule has 19 heavy (non-hydrogen) atoms. The van der Waals surface area contributed by atoms with Crippen molar-refractivity contribution in [3.8, 4) is 5.88 Å². The first-order chi connectivity index (χ1) is 8.68. The molecule has 0 atom stereocenters. The molecule has 0 aromatic carbocycles. The van der Waals surface area contributed by atoms with Crippen LogP contribution in [0.25, 0.3) is 0 Å². The minimum absolute atomic E-state index is 0.108. The molecule has 0 saturated carbocycles. The summed E-state index contributed by atoms with van der Waals surface area (Å²) >= 11 is 6.03. The summed E-state index contributed by atoms with van der Waals surface area (Å²) in [5, 5.41) is 0.108. The Morgan fingerprint density at radius 1 is 1.26 bits per heavy atom. The van der Waals surface area contributed by atoms with Gasteiger partial charge in [-0.25, -0.2) is 4.39 Å². The Hall–Kier alpha value is -0.845. The van der Waals surface area contributed by atoms with Crippen molar-refractivity contribution in [1.82, 2.24) is 4.98 Å². The average Bonchev–Trinajstić information content (AvgIpc) is 2.50. The Bertz CT molecular complexity index is 494. The van der Waals surface area contributed by atoms with Crippen LogP contribution in [0.4, 0.5) is 4.39 Å². The van der Waals surface area contributed by atoms with Crippen LogP contribution in [0.1, 0.15) is 27.7 Å². The van der Waals surface area contributed by atoms with Crippen molar-refractivity contribution in [3.05, 3.63) is 17.0 Å². The smallest absolute Gasteiger partial charge is 0.479 e. The van der Waals surface area contributed by atoms with Crippen LogP contribution in [0.2, 0.25) is 5.15 Å². The van der Waals surface area contributed by atoms with E-state index in [9.17, 15) is 4.39 Å². The summed E-state index contributed by atoms with van der Waals surface area (Å²) < 4.78 is 30.1. The van der Waals surface area contributed by atoms with Gasteiger partial charge in [0.2, 0.25) is 0 Å². The molecule has 0 radical (unpaired) electrons. The first-order valence-corrected chi connectivity index (χ1v) is 6.31. The van der Waals surface area contributed by atoms with Gasteiger partial charge < -0.3 is 14.0 Å². The first-order valence-electron chi connectivity index (χ1n) is 5.93. The molecule has 4 nitrogen and oxygen atoms in total. The Kier molecular flexibility index (Phi) is 3.54. The van der Waals surface area contributed by atoms with Crippen molar-refractivity contribution >= 4 is 24.2 Å². The molecular weight excluding hydrogens is 271 g/mol. The molecule has 1 aliphatic heterocycles. The quantitative estimate of drug-likeness (QED) is 0.617. The molecule has 0 unspecified atom stereocenters. The van der Waals surface area contributed by atoms with Gasteiger partial charge in [0, 0.05) is 5.46 Å². The zero-order chi connectivity index (χ0) is 14.4. The van der Waals surface area contributed by atoms with Crippen LogP contribution in [-0.4, -0.2) is 30.4 Å². The highest BCUT2D eigenvalue weighted by molar-refractivity contribution is 6.65. The number of hydrogen-bond acceptors (Lipinski definition) is 4. The van der Waals surface area contributed by atoms with Crippen LogP contribution in [0, 0.1) is 5.82 Å². The van der Waals surface area contributed by atoms with Gasteiger partial charge in [0.25, 0.3) is 5.88 Å². The lowest BCUT2D eigenvalue weighted by Crippen LogP contribution is -2.41. The first kappa shape index (κ1) is 14.6. The Morgan fingerprint density at radius 3 is 2.26 bits per heavy atom. The van der Waals surface area contributed by atoms with E-state index < -0.39 is 24.1 Å². The molecule has 104 valence electrons. The van der Waals surface area contributed by atoms with Crippen LogP contribution in [-0.2, 0) is 9.31 Å². The molecule has 1 aliphatic rings. The van der Waals surface area contributed by atoms with Crippen molar-refractivity contribution in [2.45, 2.75) is 38.9 Å². The zero-order valence-corrected chi connectivity index (χ0v) is 12.3. The molecule has 1 fully saturated rings. The SMILES string of the molecule is COc1nc(Cl)c(B2OC(C)(C)C(C)(C)O2)cc1F. The van der Waals surface area contributed by atoms with Crippen molar-refractivity contribution < 1.29 is 18.4 Å². The van der Waals surface area contributed by atoms with E-state index in [1.54, 1.807) is 0 Å². The third-order valence-electron chi connectivity index (χ3n) is 3.62. The van der Waals surface area contributed by atoms with Gasteiger partial charge in [0.1, 0.15) is 5.15 Å². The van der Waals surface area contributed by atoms with Gasteiger partial charge in [-0.15, -0.1) is 0 Å². The monoisotopic (exact) mass is 287 g/mol. The summed E-state index contributed by atoms with van der Waals surface area (Å²) in [6.07, 6.45) is 0. The van der Waals surface area contributed by atoms with E-state index >= 15 is 0 Å². The van der Waals surface area contributed by atoms with E-state index in [4.69, 9.17) is 25.6 Å². The second-order valence-corrected chi connectivity index (χ2v) is 5.81. The largest absolute Gasteiger partial charge is 0.498 e. The maximum atomic E-state index is 13.7. The Balaban J connectivity index is 2.37. The maximum Gasteiger partial charge on any atom is 0.498 e. The van der Waals surface area contributed by atoms with Crippen LogP contribution in [0.3, 0.4) is 0 Å². The van der Waals surface area contributed by atoms with Gasteiger partial charge in [-0.3, -0.25) is 0 Å². The summed E-state index contributed by atoms with van der Waals surface area (Å²) in [6, 6.07) is 1.23. The van der Waals surface area contributed by atoms with Gasteiger partial charge >= 0.3 is 7.12 Å². The number of ether oxygens (including phenoxy) is 1. The fourth-order valence-corrected chi connectivity index (χ4v) is 1.96. The highest BCUT2D eigenvalue weighted by Crippen LogP contribution is 2.37. The van der Waals surface area contributed by atoms with Crippen LogP contribution < -0.4 is 10.2 Å². The zero-order valence-electron chi connectivity index (χ0n) is 11.6. The lowest BCUT2D eigenvalue weighted by atomic mass is 9.80. The Labute approximate surface area is 117 Å².